The van der Waals surface area contributed by atoms with Gasteiger partial charge < -0.3 is 45.1 Å². The highest BCUT2D eigenvalue weighted by Gasteiger charge is 2.44. The minimum Gasteiger partial charge on any atom is -0.466 e. The molecule has 0 saturated carbocycles. The third kappa shape index (κ3) is 37.8. The van der Waals surface area contributed by atoms with Gasteiger partial charge in [-0.1, -0.05) is 177 Å². The Bertz CT molecular complexity index is 1390. The summed E-state index contributed by atoms with van der Waals surface area (Å²) in [6, 6.07) is -0.841. The molecule has 1 amide bonds. The van der Waals surface area contributed by atoms with E-state index in [-0.39, 0.29) is 18.5 Å². The molecule has 404 valence electrons. The van der Waals surface area contributed by atoms with E-state index in [1.54, 1.807) is 6.08 Å². The molecule has 7 atom stereocenters. The average Bonchev–Trinajstić information content (AvgIpc) is 3.36. The van der Waals surface area contributed by atoms with Crippen molar-refractivity contribution in [2.24, 2.45) is 0 Å². The number of allylic oxidation sites excluding steroid dienone is 11. The zero-order chi connectivity index (χ0) is 51.0. The van der Waals surface area contributed by atoms with Crippen molar-refractivity contribution in [2.75, 3.05) is 19.8 Å². The van der Waals surface area contributed by atoms with Gasteiger partial charge in [0.15, 0.2) is 6.29 Å². The van der Waals surface area contributed by atoms with Crippen molar-refractivity contribution in [1.82, 2.24) is 5.32 Å². The van der Waals surface area contributed by atoms with Crippen molar-refractivity contribution in [3.63, 3.8) is 0 Å². The third-order valence-electron chi connectivity index (χ3n) is 12.8. The lowest BCUT2D eigenvalue weighted by atomic mass is 9.99. The van der Waals surface area contributed by atoms with Crippen molar-refractivity contribution in [2.45, 2.75) is 269 Å². The highest BCUT2D eigenvalue weighted by atomic mass is 16.7. The summed E-state index contributed by atoms with van der Waals surface area (Å²) in [5.41, 5.74) is 0. The van der Waals surface area contributed by atoms with Crippen LogP contribution in [0.15, 0.2) is 72.9 Å². The molecular formula is C59H103NO10. The van der Waals surface area contributed by atoms with Crippen LogP contribution < -0.4 is 5.32 Å². The van der Waals surface area contributed by atoms with E-state index in [1.165, 1.54) is 89.9 Å². The smallest absolute Gasteiger partial charge is 0.305 e. The fraction of sp³-hybridized carbons (Fsp3) is 0.763. The van der Waals surface area contributed by atoms with Gasteiger partial charge >= 0.3 is 5.97 Å². The zero-order valence-corrected chi connectivity index (χ0v) is 44.2. The van der Waals surface area contributed by atoms with Gasteiger partial charge in [-0.2, -0.15) is 0 Å². The number of rotatable bonds is 47. The summed E-state index contributed by atoms with van der Waals surface area (Å²) in [5.74, 6) is -0.261. The molecule has 6 N–H and O–H groups in total. The van der Waals surface area contributed by atoms with Crippen molar-refractivity contribution in [3.8, 4) is 0 Å². The molecule has 1 aliphatic rings. The van der Waals surface area contributed by atoms with Crippen molar-refractivity contribution < 1.29 is 49.3 Å². The maximum Gasteiger partial charge on any atom is 0.305 e. The van der Waals surface area contributed by atoms with E-state index in [1.807, 2.05) is 6.08 Å². The van der Waals surface area contributed by atoms with E-state index in [0.29, 0.717) is 19.4 Å². The van der Waals surface area contributed by atoms with Crippen LogP contribution in [0.2, 0.25) is 0 Å². The van der Waals surface area contributed by atoms with Crippen LogP contribution in [0.1, 0.15) is 226 Å². The van der Waals surface area contributed by atoms with Gasteiger partial charge in [0.1, 0.15) is 24.4 Å². The van der Waals surface area contributed by atoms with Gasteiger partial charge in [0.05, 0.1) is 32.0 Å². The summed E-state index contributed by atoms with van der Waals surface area (Å²) >= 11 is 0. The van der Waals surface area contributed by atoms with Crippen LogP contribution in [-0.4, -0.2) is 100 Å². The number of amides is 1. The maximum absolute atomic E-state index is 13.0. The molecule has 11 nitrogen and oxygen atoms in total. The Morgan fingerprint density at radius 2 is 0.986 bits per heavy atom. The van der Waals surface area contributed by atoms with Crippen LogP contribution >= 0.6 is 0 Å². The normalized spacial score (nSPS) is 19.8. The van der Waals surface area contributed by atoms with E-state index in [2.05, 4.69) is 79.9 Å². The fourth-order valence-electron chi connectivity index (χ4n) is 8.20. The number of hydrogen-bond acceptors (Lipinski definition) is 10. The second-order valence-corrected chi connectivity index (χ2v) is 19.3. The largest absolute Gasteiger partial charge is 0.466 e. The number of unbranched alkanes of at least 4 members (excludes halogenated alkanes) is 23. The van der Waals surface area contributed by atoms with Crippen LogP contribution in [-0.2, 0) is 23.8 Å². The predicted molar refractivity (Wildman–Crippen MR) is 287 cm³/mol. The lowest BCUT2D eigenvalue weighted by Crippen LogP contribution is -2.60. The van der Waals surface area contributed by atoms with E-state index in [0.717, 1.165) is 109 Å². The SMILES string of the molecule is CCCC/C=C\C/C=C\CCCCCCCC(=O)OCCCCC/C=C\C/C=C\CCCCCCCCCC(=O)NC(COC1OC(CO)C(O)C(O)C1O)C(O)/C=C/CC/C=C/CCCCCCC. The first-order valence-corrected chi connectivity index (χ1v) is 28.2. The Morgan fingerprint density at radius 1 is 0.529 bits per heavy atom. The third-order valence-corrected chi connectivity index (χ3v) is 12.8. The first kappa shape index (κ1) is 65.1. The monoisotopic (exact) mass is 986 g/mol. The fourth-order valence-corrected chi connectivity index (χ4v) is 8.20. The highest BCUT2D eigenvalue weighted by molar-refractivity contribution is 5.76. The number of carbonyl (C=O) groups is 2. The summed E-state index contributed by atoms with van der Waals surface area (Å²) in [6.45, 7) is 4.18. The molecule has 1 fully saturated rings. The van der Waals surface area contributed by atoms with Crippen LogP contribution in [0.25, 0.3) is 0 Å². The summed E-state index contributed by atoms with van der Waals surface area (Å²) in [5, 5.41) is 54.2. The zero-order valence-electron chi connectivity index (χ0n) is 44.2. The van der Waals surface area contributed by atoms with Crippen molar-refractivity contribution in [3.05, 3.63) is 72.9 Å². The Balaban J connectivity index is 2.14. The van der Waals surface area contributed by atoms with E-state index >= 15 is 0 Å². The van der Waals surface area contributed by atoms with Gasteiger partial charge in [-0.25, -0.2) is 0 Å². The molecule has 0 aromatic rings. The van der Waals surface area contributed by atoms with Gasteiger partial charge in [0.25, 0.3) is 0 Å². The molecular weight excluding hydrogens is 883 g/mol. The van der Waals surface area contributed by atoms with Crippen LogP contribution in [0, 0.1) is 0 Å². The lowest BCUT2D eigenvalue weighted by Gasteiger charge is -2.40. The molecule has 11 heteroatoms. The topological polar surface area (TPSA) is 175 Å². The molecule has 0 spiro atoms. The van der Waals surface area contributed by atoms with Crippen LogP contribution in [0.3, 0.4) is 0 Å². The summed E-state index contributed by atoms with van der Waals surface area (Å²) in [4.78, 5) is 25.0. The Kier molecular flexibility index (Phi) is 45.0. The molecule has 1 heterocycles. The number of carbonyl (C=O) groups excluding carboxylic acids is 2. The Morgan fingerprint density at radius 3 is 1.54 bits per heavy atom. The minimum atomic E-state index is -1.58. The average molecular weight is 986 g/mol. The van der Waals surface area contributed by atoms with Crippen molar-refractivity contribution in [1.29, 1.82) is 0 Å². The first-order valence-electron chi connectivity index (χ1n) is 28.2. The molecule has 0 aromatic carbocycles. The molecule has 1 aliphatic heterocycles. The van der Waals surface area contributed by atoms with Gasteiger partial charge in [0.2, 0.25) is 5.91 Å². The molecule has 0 aliphatic carbocycles. The quantitative estimate of drug-likeness (QED) is 0.0196. The summed E-state index contributed by atoms with van der Waals surface area (Å²) < 4.78 is 16.6. The minimum absolute atomic E-state index is 0.0490. The number of hydrogen-bond donors (Lipinski definition) is 6. The number of aliphatic hydroxyl groups excluding tert-OH is 5. The van der Waals surface area contributed by atoms with E-state index in [4.69, 9.17) is 14.2 Å². The molecule has 1 rings (SSSR count). The molecule has 1 saturated heterocycles. The predicted octanol–water partition coefficient (Wildman–Crippen LogP) is 12.4. The number of ether oxygens (including phenoxy) is 3. The second kappa shape index (κ2) is 48.4. The summed E-state index contributed by atoms with van der Waals surface area (Å²) in [6.07, 6.45) is 52.7. The van der Waals surface area contributed by atoms with Gasteiger partial charge in [-0.15, -0.1) is 0 Å². The van der Waals surface area contributed by atoms with E-state index < -0.39 is 49.5 Å². The molecule has 0 bridgehead atoms. The van der Waals surface area contributed by atoms with Gasteiger partial charge in [-0.05, 0) is 109 Å². The van der Waals surface area contributed by atoms with Crippen molar-refractivity contribution >= 4 is 11.9 Å². The molecule has 7 unspecified atom stereocenters. The summed E-state index contributed by atoms with van der Waals surface area (Å²) in [7, 11) is 0. The molecule has 0 radical (unpaired) electrons. The van der Waals surface area contributed by atoms with Gasteiger partial charge in [0, 0.05) is 12.8 Å². The second-order valence-electron chi connectivity index (χ2n) is 19.3. The Labute approximate surface area is 426 Å². The van der Waals surface area contributed by atoms with Crippen LogP contribution in [0.4, 0.5) is 0 Å². The Hall–Kier alpha value is -2.90. The first-order chi connectivity index (χ1) is 34.2. The highest BCUT2D eigenvalue weighted by Crippen LogP contribution is 2.23. The number of esters is 1. The maximum atomic E-state index is 13.0. The van der Waals surface area contributed by atoms with Crippen LogP contribution in [0.5, 0.6) is 0 Å². The molecule has 0 aromatic heterocycles. The number of aliphatic hydroxyl groups is 5. The standard InChI is InChI=1S/C59H103NO10/c1-3-5-7-9-11-13-15-16-23-27-31-35-39-43-47-55(64)68-48-44-40-36-32-28-24-21-19-17-18-20-22-26-30-34-38-42-46-54(63)60-51(50-69-59-58(67)57(66)56(65)53(49-61)70-59)52(62)45-41-37-33-29-25-14-12-10-8-6-4-2/h9,11,15-17,19,24-25,28-29,41,45,51-53,56-59,61-62,65-67H,3-8,10,12-14,18,20-23,26-27,30-40,42-44,46-50H2,1-2H3,(H,60,63)/b11-9-,16-15-,19-17-,28-24-,29-25+,45-41+. The number of nitrogens with one attached hydrogen (secondary N) is 1. The lowest BCUT2D eigenvalue weighted by molar-refractivity contribution is -0.302. The molecule has 70 heavy (non-hydrogen) atoms. The van der Waals surface area contributed by atoms with Gasteiger partial charge in [-0.3, -0.25) is 9.59 Å². The van der Waals surface area contributed by atoms with E-state index in [9.17, 15) is 35.1 Å².